The van der Waals surface area contributed by atoms with Crippen molar-refractivity contribution in [3.8, 4) is 0 Å². The summed E-state index contributed by atoms with van der Waals surface area (Å²) in [7, 11) is 2.03. The van der Waals surface area contributed by atoms with E-state index in [0.29, 0.717) is 25.5 Å². The molecule has 2 aliphatic rings. The van der Waals surface area contributed by atoms with Crippen LogP contribution in [0.4, 0.5) is 0 Å². The molecule has 21 heavy (non-hydrogen) atoms. The molecule has 1 fully saturated rings. The van der Waals surface area contributed by atoms with Gasteiger partial charge in [0.1, 0.15) is 0 Å². The largest absolute Gasteiger partial charge is 0.374 e. The minimum Gasteiger partial charge on any atom is -0.374 e. The Bertz CT molecular complexity index is 411. The van der Waals surface area contributed by atoms with Crippen LogP contribution in [0.15, 0.2) is 12.2 Å². The maximum atomic E-state index is 12.4. The molecular weight excluding hydrogens is 270 g/mol. The van der Waals surface area contributed by atoms with E-state index >= 15 is 0 Å². The van der Waals surface area contributed by atoms with Gasteiger partial charge >= 0.3 is 0 Å². The van der Waals surface area contributed by atoms with Gasteiger partial charge < -0.3 is 20.3 Å². The second-order valence-electron chi connectivity index (χ2n) is 5.97. The molecule has 0 saturated carbocycles. The number of primary amides is 1. The smallest absolute Gasteiger partial charge is 0.237 e. The van der Waals surface area contributed by atoms with E-state index in [1.54, 1.807) is 4.90 Å². The van der Waals surface area contributed by atoms with Gasteiger partial charge in [-0.1, -0.05) is 12.2 Å². The van der Waals surface area contributed by atoms with Gasteiger partial charge in [0.05, 0.1) is 19.3 Å². The molecule has 0 aromatic carbocycles. The molecule has 2 rings (SSSR count). The van der Waals surface area contributed by atoms with E-state index in [1.165, 1.54) is 0 Å². The van der Waals surface area contributed by atoms with Crippen LogP contribution in [0.3, 0.4) is 0 Å². The molecule has 6 heteroatoms. The van der Waals surface area contributed by atoms with Gasteiger partial charge in [-0.15, -0.1) is 0 Å². The van der Waals surface area contributed by atoms with Crippen molar-refractivity contribution in [2.24, 2.45) is 11.7 Å². The number of amides is 2. The van der Waals surface area contributed by atoms with Crippen molar-refractivity contribution in [1.82, 2.24) is 9.80 Å². The highest BCUT2D eigenvalue weighted by Crippen LogP contribution is 2.21. The first-order valence-electron chi connectivity index (χ1n) is 7.57. The van der Waals surface area contributed by atoms with Crippen molar-refractivity contribution in [2.45, 2.75) is 25.4 Å². The predicted molar refractivity (Wildman–Crippen MR) is 79.5 cm³/mol. The number of nitrogens with two attached hydrogens (primary N) is 1. The van der Waals surface area contributed by atoms with Gasteiger partial charge in [0.25, 0.3) is 0 Å². The lowest BCUT2D eigenvalue weighted by Crippen LogP contribution is -2.49. The molecule has 1 heterocycles. The fourth-order valence-corrected chi connectivity index (χ4v) is 2.88. The van der Waals surface area contributed by atoms with Crippen molar-refractivity contribution in [3.63, 3.8) is 0 Å². The quantitative estimate of drug-likeness (QED) is 0.699. The molecule has 0 spiro atoms. The first kappa shape index (κ1) is 16.0. The normalized spacial score (nSPS) is 26.0. The van der Waals surface area contributed by atoms with Crippen LogP contribution >= 0.6 is 0 Å². The van der Waals surface area contributed by atoms with Gasteiger partial charge in [0, 0.05) is 26.1 Å². The zero-order valence-corrected chi connectivity index (χ0v) is 12.7. The van der Waals surface area contributed by atoms with Crippen molar-refractivity contribution >= 4 is 11.8 Å². The van der Waals surface area contributed by atoms with Gasteiger partial charge in [0.15, 0.2) is 0 Å². The Morgan fingerprint density at radius 3 is 2.90 bits per heavy atom. The first-order chi connectivity index (χ1) is 10.0. The predicted octanol–water partition coefficient (Wildman–Crippen LogP) is -0.0128. The maximum absolute atomic E-state index is 12.4. The van der Waals surface area contributed by atoms with E-state index in [4.69, 9.17) is 10.5 Å². The highest BCUT2D eigenvalue weighted by Gasteiger charge is 2.26. The Morgan fingerprint density at radius 1 is 1.48 bits per heavy atom. The summed E-state index contributed by atoms with van der Waals surface area (Å²) in [6.45, 7) is 2.73. The average molecular weight is 295 g/mol. The summed E-state index contributed by atoms with van der Waals surface area (Å²) in [6.07, 6.45) is 6.64. The third-order valence-electron chi connectivity index (χ3n) is 4.01. The van der Waals surface area contributed by atoms with E-state index in [2.05, 4.69) is 17.1 Å². The molecule has 0 radical (unpaired) electrons. The molecule has 1 saturated heterocycles. The van der Waals surface area contributed by atoms with Crippen LogP contribution in [0.25, 0.3) is 0 Å². The Labute approximate surface area is 125 Å². The van der Waals surface area contributed by atoms with Crippen molar-refractivity contribution < 1.29 is 14.3 Å². The molecule has 2 amide bonds. The summed E-state index contributed by atoms with van der Waals surface area (Å²) in [4.78, 5) is 27.3. The summed E-state index contributed by atoms with van der Waals surface area (Å²) in [6, 6.07) is 0. The topological polar surface area (TPSA) is 75.9 Å². The molecule has 0 unspecified atom stereocenters. The number of rotatable bonds is 6. The third-order valence-corrected chi connectivity index (χ3v) is 4.01. The number of likely N-dealkylation sites (N-methyl/N-ethyl adjacent to an activating group) is 1. The SMILES string of the molecule is CN1CCO[C@H](CN(CC(N)=O)C(=O)C[C@@H]2C=CCC2)C1. The number of allylic oxidation sites excluding steroid dienone is 2. The van der Waals surface area contributed by atoms with Gasteiger partial charge in [-0.25, -0.2) is 0 Å². The van der Waals surface area contributed by atoms with Crippen LogP contribution in [0, 0.1) is 5.92 Å². The summed E-state index contributed by atoms with van der Waals surface area (Å²) in [5, 5.41) is 0. The van der Waals surface area contributed by atoms with Crippen LogP contribution in [0.5, 0.6) is 0 Å². The highest BCUT2D eigenvalue weighted by molar-refractivity contribution is 5.84. The molecule has 1 aliphatic heterocycles. The van der Waals surface area contributed by atoms with Gasteiger partial charge in [-0.05, 0) is 25.8 Å². The van der Waals surface area contributed by atoms with E-state index in [0.717, 1.165) is 25.9 Å². The number of ether oxygens (including phenoxy) is 1. The number of nitrogens with zero attached hydrogens (tertiary/aromatic N) is 2. The van der Waals surface area contributed by atoms with Gasteiger partial charge in [-0.2, -0.15) is 0 Å². The number of hydrogen-bond donors (Lipinski definition) is 1. The minimum atomic E-state index is -0.477. The van der Waals surface area contributed by atoms with Crippen LogP contribution in [-0.4, -0.2) is 67.6 Å². The van der Waals surface area contributed by atoms with Crippen LogP contribution < -0.4 is 5.73 Å². The molecule has 1 aliphatic carbocycles. The van der Waals surface area contributed by atoms with Crippen molar-refractivity contribution in [2.75, 3.05) is 39.8 Å². The molecule has 2 atom stereocenters. The minimum absolute atomic E-state index is 0.0119. The van der Waals surface area contributed by atoms with E-state index in [-0.39, 0.29) is 18.6 Å². The third kappa shape index (κ3) is 5.13. The zero-order valence-electron chi connectivity index (χ0n) is 12.7. The molecule has 118 valence electrons. The van der Waals surface area contributed by atoms with Crippen LogP contribution in [-0.2, 0) is 14.3 Å². The number of hydrogen-bond acceptors (Lipinski definition) is 4. The number of morpholine rings is 1. The monoisotopic (exact) mass is 295 g/mol. The van der Waals surface area contributed by atoms with Gasteiger partial charge in [0.2, 0.25) is 11.8 Å². The fourth-order valence-electron chi connectivity index (χ4n) is 2.88. The van der Waals surface area contributed by atoms with E-state index in [9.17, 15) is 9.59 Å². The van der Waals surface area contributed by atoms with Crippen LogP contribution in [0.2, 0.25) is 0 Å². The second-order valence-corrected chi connectivity index (χ2v) is 5.97. The summed E-state index contributed by atoms with van der Waals surface area (Å²) < 4.78 is 5.68. The molecular formula is C15H25N3O3. The maximum Gasteiger partial charge on any atom is 0.237 e. The van der Waals surface area contributed by atoms with E-state index in [1.807, 2.05) is 7.05 Å². The lowest BCUT2D eigenvalue weighted by atomic mass is 10.0. The Kier molecular flexibility index (Phi) is 5.76. The first-order valence-corrected chi connectivity index (χ1v) is 7.57. The Morgan fingerprint density at radius 2 is 2.29 bits per heavy atom. The highest BCUT2D eigenvalue weighted by atomic mass is 16.5. The fraction of sp³-hybridized carbons (Fsp3) is 0.733. The average Bonchev–Trinajstić information content (AvgIpc) is 2.90. The Balaban J connectivity index is 1.90. The lowest BCUT2D eigenvalue weighted by Gasteiger charge is -2.33. The van der Waals surface area contributed by atoms with Gasteiger partial charge in [-0.3, -0.25) is 9.59 Å². The van der Waals surface area contributed by atoms with E-state index < -0.39 is 5.91 Å². The number of carbonyl (C=O) groups excluding carboxylic acids is 2. The molecule has 0 aromatic rings. The molecule has 0 aromatic heterocycles. The van der Waals surface area contributed by atoms with Crippen molar-refractivity contribution in [3.05, 3.63) is 12.2 Å². The van der Waals surface area contributed by atoms with Crippen LogP contribution in [0.1, 0.15) is 19.3 Å². The molecule has 0 bridgehead atoms. The standard InChI is InChI=1S/C15H25N3O3/c1-17-6-7-21-13(9-17)10-18(11-14(16)19)15(20)8-12-4-2-3-5-12/h2,4,12-13H,3,5-11H2,1H3,(H2,16,19)/t12-,13+/m1/s1. The summed E-state index contributed by atoms with van der Waals surface area (Å²) in [5.41, 5.74) is 5.27. The number of carbonyl (C=O) groups is 2. The zero-order chi connectivity index (χ0) is 15.2. The Hall–Kier alpha value is -1.40. The summed E-state index contributed by atoms with van der Waals surface area (Å²) >= 11 is 0. The molecule has 2 N–H and O–H groups in total. The lowest BCUT2D eigenvalue weighted by molar-refractivity contribution is -0.138. The summed E-state index contributed by atoms with van der Waals surface area (Å²) in [5.74, 6) is -0.195. The molecule has 6 nitrogen and oxygen atoms in total. The second kappa shape index (κ2) is 7.56. The van der Waals surface area contributed by atoms with Crippen molar-refractivity contribution in [1.29, 1.82) is 0 Å².